The lowest BCUT2D eigenvalue weighted by Crippen LogP contribution is -2.53. The zero-order valence-corrected chi connectivity index (χ0v) is 12.5. The van der Waals surface area contributed by atoms with Crippen LogP contribution in [0, 0.1) is 5.92 Å². The summed E-state index contributed by atoms with van der Waals surface area (Å²) in [6.07, 6.45) is 1.31. The quantitative estimate of drug-likeness (QED) is 0.798. The van der Waals surface area contributed by atoms with Crippen LogP contribution in [0.4, 0.5) is 0 Å². The summed E-state index contributed by atoms with van der Waals surface area (Å²) in [7, 11) is 3.20. The minimum atomic E-state index is -1.02. The second kappa shape index (κ2) is 6.08. The van der Waals surface area contributed by atoms with E-state index < -0.39 is 59.7 Å². The van der Waals surface area contributed by atoms with E-state index in [-0.39, 0.29) is 12.1 Å². The lowest BCUT2D eigenvalue weighted by atomic mass is 9.87. The van der Waals surface area contributed by atoms with Crippen molar-refractivity contribution in [3.05, 3.63) is 35.8 Å². The van der Waals surface area contributed by atoms with Crippen LogP contribution < -0.4 is 0 Å². The maximum atomic E-state index is 12.7. The Kier molecular flexibility index (Phi) is 2.77. The van der Waals surface area contributed by atoms with Crippen molar-refractivity contribution in [3.63, 3.8) is 0 Å². The molecular weight excluding hydrogens is 282 g/mol. The number of carbonyl (C=O) groups is 2. The Balaban J connectivity index is 1.93. The Labute approximate surface area is 137 Å². The number of carbonyl (C=O) groups excluding carboxylic acids is 2. The molecule has 1 aromatic carbocycles. The molecule has 2 bridgehead atoms. The molecule has 2 fully saturated rings. The minimum absolute atomic E-state index is 0.117. The molecule has 22 heavy (non-hydrogen) atoms. The number of piperidine rings is 1. The Morgan fingerprint density at radius 2 is 2.00 bits per heavy atom. The van der Waals surface area contributed by atoms with Crippen molar-refractivity contribution < 1.29 is 25.9 Å². The Hall–Kier alpha value is -1.88. The van der Waals surface area contributed by atoms with Gasteiger partial charge in [0.2, 0.25) is 0 Å². The van der Waals surface area contributed by atoms with Gasteiger partial charge in [0.05, 0.1) is 19.5 Å². The number of esters is 2. The van der Waals surface area contributed by atoms with Crippen LogP contribution in [0.2, 0.25) is 0 Å². The molecule has 118 valence electrons. The molecule has 4 unspecified atom stereocenters. The average Bonchev–Trinajstić information content (AvgIpc) is 2.87. The highest BCUT2D eigenvalue weighted by Gasteiger charge is 2.50. The topological polar surface area (TPSA) is 55.8 Å². The van der Waals surface area contributed by atoms with Gasteiger partial charge >= 0.3 is 11.9 Å². The highest BCUT2D eigenvalue weighted by molar-refractivity contribution is 5.89. The summed E-state index contributed by atoms with van der Waals surface area (Å²) < 4.78 is 49.2. The fraction of sp³-hybridized carbons (Fsp3) is 0.529. The smallest absolute Gasteiger partial charge is 0.338 e. The molecule has 0 N–H and O–H groups in total. The highest BCUT2D eigenvalue weighted by atomic mass is 16.6. The van der Waals surface area contributed by atoms with Crippen molar-refractivity contribution >= 4 is 11.9 Å². The van der Waals surface area contributed by atoms with Gasteiger partial charge in [0.15, 0.2) is 0 Å². The van der Waals surface area contributed by atoms with Crippen molar-refractivity contribution in [1.82, 2.24) is 4.90 Å². The zero-order chi connectivity index (χ0) is 20.0. The van der Waals surface area contributed by atoms with Crippen LogP contribution in [-0.4, -0.2) is 49.2 Å². The van der Waals surface area contributed by atoms with Gasteiger partial charge in [0, 0.05) is 18.5 Å². The first-order valence-electron chi connectivity index (χ1n) is 9.76. The summed E-state index contributed by atoms with van der Waals surface area (Å²) in [6.45, 7) is 0. The minimum Gasteiger partial charge on any atom is -0.469 e. The molecule has 2 aliphatic rings. The van der Waals surface area contributed by atoms with E-state index in [9.17, 15) is 9.59 Å². The predicted molar refractivity (Wildman–Crippen MR) is 80.3 cm³/mol. The molecular formula is C17H21NO4. The fourth-order valence-electron chi connectivity index (χ4n) is 3.54. The Morgan fingerprint density at radius 1 is 1.27 bits per heavy atom. The second-order valence-electron chi connectivity index (χ2n) is 5.69. The average molecular weight is 308 g/mol. The summed E-state index contributed by atoms with van der Waals surface area (Å²) in [6, 6.07) is -2.96. The molecule has 0 aromatic heterocycles. The number of benzene rings is 1. The third kappa shape index (κ3) is 2.61. The molecule has 0 radical (unpaired) electrons. The molecule has 5 heteroatoms. The van der Waals surface area contributed by atoms with Crippen LogP contribution in [0.15, 0.2) is 30.2 Å². The number of nitrogens with zero attached hydrogens (tertiary/aromatic N) is 1. The van der Waals surface area contributed by atoms with Crippen LogP contribution in [-0.2, 0) is 14.3 Å². The van der Waals surface area contributed by atoms with Crippen molar-refractivity contribution in [2.75, 3.05) is 14.2 Å². The molecule has 2 heterocycles. The van der Waals surface area contributed by atoms with Crippen LogP contribution in [0.1, 0.15) is 36.5 Å². The highest BCUT2D eigenvalue weighted by Crippen LogP contribution is 2.40. The van der Waals surface area contributed by atoms with E-state index in [0.717, 1.165) is 12.8 Å². The summed E-state index contributed by atoms with van der Waals surface area (Å²) in [5.74, 6) is -2.17. The largest absolute Gasteiger partial charge is 0.469 e. The van der Waals surface area contributed by atoms with Crippen LogP contribution in [0.25, 0.3) is 0 Å². The van der Waals surface area contributed by atoms with E-state index in [1.54, 1.807) is 0 Å². The van der Waals surface area contributed by atoms with Crippen molar-refractivity contribution in [1.29, 1.82) is 0 Å². The monoisotopic (exact) mass is 308 g/mol. The van der Waals surface area contributed by atoms with Gasteiger partial charge in [-0.2, -0.15) is 0 Å². The van der Waals surface area contributed by atoms with Gasteiger partial charge in [-0.25, -0.2) is 4.79 Å². The van der Waals surface area contributed by atoms with E-state index in [0.29, 0.717) is 6.42 Å². The Bertz CT molecular complexity index is 773. The maximum Gasteiger partial charge on any atom is 0.338 e. The van der Waals surface area contributed by atoms with E-state index in [2.05, 4.69) is 4.90 Å². The van der Waals surface area contributed by atoms with Gasteiger partial charge in [0.25, 0.3) is 0 Å². The Morgan fingerprint density at radius 3 is 2.68 bits per heavy atom. The van der Waals surface area contributed by atoms with Crippen LogP contribution in [0.3, 0.4) is 0 Å². The second-order valence-corrected chi connectivity index (χ2v) is 5.69. The van der Waals surface area contributed by atoms with E-state index in [1.165, 1.54) is 7.11 Å². The van der Waals surface area contributed by atoms with E-state index in [1.807, 2.05) is 7.05 Å². The standard InChI is InChI=1S/C17H21NO4/c1-18-12-8-9-13(18)15(17(20)21-2)14(10-12)22-16(19)11-6-4-3-5-7-11/h3-7,12-15H,8-10H2,1-2H3/i3D,4D,5D,6D,7D. The molecule has 0 amide bonds. The van der Waals surface area contributed by atoms with Gasteiger partial charge in [-0.05, 0) is 32.0 Å². The van der Waals surface area contributed by atoms with E-state index >= 15 is 0 Å². The van der Waals surface area contributed by atoms with Gasteiger partial charge < -0.3 is 9.47 Å². The summed E-state index contributed by atoms with van der Waals surface area (Å²) in [5.41, 5.74) is -0.518. The number of hydrogen-bond donors (Lipinski definition) is 0. The lowest BCUT2D eigenvalue weighted by molar-refractivity contribution is -0.156. The summed E-state index contributed by atoms with van der Waals surface area (Å²) in [4.78, 5) is 27.1. The van der Waals surface area contributed by atoms with Gasteiger partial charge in [-0.1, -0.05) is 18.1 Å². The summed E-state index contributed by atoms with van der Waals surface area (Å²) >= 11 is 0. The van der Waals surface area contributed by atoms with Gasteiger partial charge in [-0.3, -0.25) is 9.69 Å². The molecule has 3 rings (SSSR count). The third-order valence-corrected chi connectivity index (χ3v) is 4.65. The number of fused-ring (bicyclic) bond motifs is 2. The first-order chi connectivity index (χ1) is 12.7. The molecule has 5 nitrogen and oxygen atoms in total. The maximum absolute atomic E-state index is 12.7. The molecule has 4 atom stereocenters. The number of hydrogen-bond acceptors (Lipinski definition) is 5. The SMILES string of the molecule is [2H]c1c([2H])c([2H])c(C(=O)OC2CC3CCC(C2C(=O)OC)N3C)c([2H])c1[2H]. The van der Waals surface area contributed by atoms with E-state index in [4.69, 9.17) is 16.3 Å². The fourth-order valence-corrected chi connectivity index (χ4v) is 3.54. The molecule has 0 spiro atoms. The molecule has 1 aromatic rings. The van der Waals surface area contributed by atoms with Crippen molar-refractivity contribution in [2.24, 2.45) is 5.92 Å². The van der Waals surface area contributed by atoms with Gasteiger partial charge in [0.1, 0.15) is 12.0 Å². The third-order valence-electron chi connectivity index (χ3n) is 4.65. The number of methoxy groups -OCH3 is 1. The first-order valence-corrected chi connectivity index (χ1v) is 7.26. The van der Waals surface area contributed by atoms with Crippen LogP contribution in [0.5, 0.6) is 0 Å². The molecule has 0 saturated carbocycles. The number of ether oxygens (including phenoxy) is 2. The molecule has 0 aliphatic carbocycles. The van der Waals surface area contributed by atoms with Crippen molar-refractivity contribution in [2.45, 2.75) is 37.5 Å². The number of rotatable bonds is 3. The molecule has 2 saturated heterocycles. The predicted octanol–water partition coefficient (Wildman–Crippen LogP) is 1.87. The normalized spacial score (nSPS) is 34.0. The van der Waals surface area contributed by atoms with Crippen LogP contribution >= 0.6 is 0 Å². The first kappa shape index (κ1) is 10.0. The zero-order valence-electron chi connectivity index (χ0n) is 17.5. The lowest BCUT2D eigenvalue weighted by Gasteiger charge is -2.40. The van der Waals surface area contributed by atoms with Gasteiger partial charge in [-0.15, -0.1) is 0 Å². The molecule has 2 aliphatic heterocycles. The summed E-state index contributed by atoms with van der Waals surface area (Å²) in [5, 5.41) is 0. The van der Waals surface area contributed by atoms with Crippen molar-refractivity contribution in [3.8, 4) is 0 Å².